The maximum Gasteiger partial charge on any atom is 0.254 e. The van der Waals surface area contributed by atoms with E-state index >= 15 is 0 Å². The predicted molar refractivity (Wildman–Crippen MR) is 63.0 cm³/mol. The van der Waals surface area contributed by atoms with E-state index in [1.807, 2.05) is 27.8 Å². The van der Waals surface area contributed by atoms with Gasteiger partial charge in [-0.2, -0.15) is 4.98 Å². The lowest BCUT2D eigenvalue weighted by Crippen LogP contribution is -2.27. The van der Waals surface area contributed by atoms with Crippen LogP contribution >= 0.6 is 0 Å². The smallest absolute Gasteiger partial charge is 0.254 e. The molecule has 0 saturated carbocycles. The van der Waals surface area contributed by atoms with Crippen molar-refractivity contribution in [1.29, 1.82) is 0 Å². The molecule has 0 aliphatic carbocycles. The molecule has 1 heterocycles. The van der Waals surface area contributed by atoms with Gasteiger partial charge in [0, 0.05) is 12.5 Å². The number of hydrogen-bond donors (Lipinski definition) is 2. The molecule has 1 unspecified atom stereocenters. The van der Waals surface area contributed by atoms with Gasteiger partial charge < -0.3 is 15.0 Å². The van der Waals surface area contributed by atoms with Crippen molar-refractivity contribution in [3.8, 4) is 5.88 Å². The number of likely N-dealkylation sites (N-methyl/N-ethyl adjacent to an activating group) is 1. The third-order valence-corrected chi connectivity index (χ3v) is 2.10. The van der Waals surface area contributed by atoms with E-state index in [-0.39, 0.29) is 17.6 Å². The van der Waals surface area contributed by atoms with Crippen LogP contribution in [0.25, 0.3) is 0 Å². The summed E-state index contributed by atoms with van der Waals surface area (Å²) >= 11 is 0. The molecule has 16 heavy (non-hydrogen) atoms. The van der Waals surface area contributed by atoms with Gasteiger partial charge in [-0.25, -0.2) is 0 Å². The fraction of sp³-hybridized carbons (Fsp3) is 0.636. The Kier molecular flexibility index (Phi) is 4.49. The summed E-state index contributed by atoms with van der Waals surface area (Å²) in [5.41, 5.74) is -0.176. The van der Waals surface area contributed by atoms with Gasteiger partial charge in [-0.05, 0) is 14.0 Å². The fourth-order valence-electron chi connectivity index (χ4n) is 1.32. The van der Waals surface area contributed by atoms with Crippen LogP contribution in [0.15, 0.2) is 10.9 Å². The molecule has 0 aromatic carbocycles. The largest absolute Gasteiger partial charge is 0.473 e. The fourth-order valence-corrected chi connectivity index (χ4v) is 1.32. The van der Waals surface area contributed by atoms with Gasteiger partial charge in [0.25, 0.3) is 5.56 Å². The Morgan fingerprint density at radius 1 is 1.50 bits per heavy atom. The summed E-state index contributed by atoms with van der Waals surface area (Å²) in [4.78, 5) is 18.3. The number of nitrogens with zero attached hydrogens (tertiary/aromatic N) is 1. The molecule has 1 atom stereocenters. The quantitative estimate of drug-likeness (QED) is 0.780. The number of aromatic amines is 1. The second-order valence-electron chi connectivity index (χ2n) is 4.11. The molecular weight excluding hydrogens is 206 g/mol. The van der Waals surface area contributed by atoms with E-state index in [4.69, 9.17) is 4.74 Å². The van der Waals surface area contributed by atoms with E-state index in [9.17, 15) is 4.79 Å². The first kappa shape index (κ1) is 12.7. The minimum Gasteiger partial charge on any atom is -0.473 e. The van der Waals surface area contributed by atoms with Crippen molar-refractivity contribution in [2.45, 2.75) is 32.8 Å². The Morgan fingerprint density at radius 3 is 2.75 bits per heavy atom. The second kappa shape index (κ2) is 5.65. The summed E-state index contributed by atoms with van der Waals surface area (Å²) < 4.78 is 5.53. The zero-order chi connectivity index (χ0) is 12.1. The number of nitrogens with one attached hydrogen (secondary N) is 2. The van der Waals surface area contributed by atoms with Crippen molar-refractivity contribution in [3.63, 3.8) is 0 Å². The molecule has 0 aliphatic rings. The maximum atomic E-state index is 11.4. The molecule has 0 bridgehead atoms. The average molecular weight is 225 g/mol. The van der Waals surface area contributed by atoms with Gasteiger partial charge in [0.2, 0.25) is 5.88 Å². The lowest BCUT2D eigenvalue weighted by Gasteiger charge is -2.14. The van der Waals surface area contributed by atoms with Crippen LogP contribution in [0, 0.1) is 0 Å². The van der Waals surface area contributed by atoms with Gasteiger partial charge in [0.05, 0.1) is 6.07 Å². The van der Waals surface area contributed by atoms with Crippen molar-refractivity contribution in [2.75, 3.05) is 13.6 Å². The van der Waals surface area contributed by atoms with E-state index in [1.54, 1.807) is 0 Å². The highest BCUT2D eigenvalue weighted by molar-refractivity contribution is 5.10. The normalized spacial score (nSPS) is 12.8. The number of H-pyrrole nitrogens is 1. The molecule has 90 valence electrons. The molecule has 0 aliphatic heterocycles. The lowest BCUT2D eigenvalue weighted by molar-refractivity contribution is 0.210. The topological polar surface area (TPSA) is 67.0 Å². The number of hydrogen-bond acceptors (Lipinski definition) is 4. The van der Waals surface area contributed by atoms with Gasteiger partial charge in [-0.15, -0.1) is 0 Å². The van der Waals surface area contributed by atoms with Crippen molar-refractivity contribution < 1.29 is 4.74 Å². The van der Waals surface area contributed by atoms with Crippen LogP contribution < -0.4 is 15.6 Å². The monoisotopic (exact) mass is 225 g/mol. The average Bonchev–Trinajstić information content (AvgIpc) is 2.16. The summed E-state index contributed by atoms with van der Waals surface area (Å²) in [7, 11) is 1.85. The van der Waals surface area contributed by atoms with E-state index in [1.165, 1.54) is 6.07 Å². The third kappa shape index (κ3) is 3.66. The van der Waals surface area contributed by atoms with Crippen molar-refractivity contribution in [2.24, 2.45) is 0 Å². The van der Waals surface area contributed by atoms with Gasteiger partial charge in [0.15, 0.2) is 0 Å². The molecule has 0 saturated heterocycles. The van der Waals surface area contributed by atoms with Crippen molar-refractivity contribution >= 4 is 0 Å². The van der Waals surface area contributed by atoms with Crippen LogP contribution in [0.1, 0.15) is 32.5 Å². The molecule has 0 radical (unpaired) electrons. The third-order valence-electron chi connectivity index (χ3n) is 2.10. The molecular formula is C11H19N3O2. The van der Waals surface area contributed by atoms with E-state index in [2.05, 4.69) is 15.3 Å². The first-order chi connectivity index (χ1) is 7.52. The van der Waals surface area contributed by atoms with Crippen LogP contribution in [0.5, 0.6) is 5.88 Å². The van der Waals surface area contributed by atoms with Gasteiger partial charge >= 0.3 is 0 Å². The minimum atomic E-state index is -0.176. The summed E-state index contributed by atoms with van der Waals surface area (Å²) in [6, 6.07) is 1.37. The number of rotatable bonds is 5. The highest BCUT2D eigenvalue weighted by Crippen LogP contribution is 2.11. The summed E-state index contributed by atoms with van der Waals surface area (Å²) in [5.74, 6) is 1.21. The Balaban J connectivity index is 2.84. The Hall–Kier alpha value is -1.36. The van der Waals surface area contributed by atoms with Gasteiger partial charge in [0.1, 0.15) is 11.9 Å². The zero-order valence-electron chi connectivity index (χ0n) is 10.2. The SMILES string of the molecule is CNCC(C)Oc1cc(=O)[nH]c(C(C)C)n1. The molecule has 1 aromatic heterocycles. The van der Waals surface area contributed by atoms with Crippen LogP contribution in [0.4, 0.5) is 0 Å². The first-order valence-corrected chi connectivity index (χ1v) is 5.45. The summed E-state index contributed by atoms with van der Waals surface area (Å²) in [6.45, 7) is 6.58. The second-order valence-corrected chi connectivity index (χ2v) is 4.11. The molecule has 1 rings (SSSR count). The van der Waals surface area contributed by atoms with E-state index in [0.717, 1.165) is 0 Å². The van der Waals surface area contributed by atoms with E-state index < -0.39 is 0 Å². The molecule has 5 nitrogen and oxygen atoms in total. The highest BCUT2D eigenvalue weighted by atomic mass is 16.5. The zero-order valence-corrected chi connectivity index (χ0v) is 10.2. The van der Waals surface area contributed by atoms with Gasteiger partial charge in [-0.1, -0.05) is 13.8 Å². The van der Waals surface area contributed by atoms with Crippen molar-refractivity contribution in [3.05, 3.63) is 22.2 Å². The number of ether oxygens (including phenoxy) is 1. The summed E-state index contributed by atoms with van der Waals surface area (Å²) in [6.07, 6.45) is -0.0145. The molecule has 0 spiro atoms. The molecule has 5 heteroatoms. The Labute approximate surface area is 95.3 Å². The molecule has 0 amide bonds. The first-order valence-electron chi connectivity index (χ1n) is 5.45. The Bertz CT molecular complexity index is 387. The van der Waals surface area contributed by atoms with Crippen LogP contribution in [-0.4, -0.2) is 29.7 Å². The van der Waals surface area contributed by atoms with Crippen LogP contribution in [0.3, 0.4) is 0 Å². The molecule has 1 aromatic rings. The predicted octanol–water partition coefficient (Wildman–Crippen LogP) is 0.880. The highest BCUT2D eigenvalue weighted by Gasteiger charge is 2.08. The maximum absolute atomic E-state index is 11.4. The molecule has 0 fully saturated rings. The number of aromatic nitrogens is 2. The summed E-state index contributed by atoms with van der Waals surface area (Å²) in [5, 5.41) is 3.00. The minimum absolute atomic E-state index is 0.0145. The lowest BCUT2D eigenvalue weighted by atomic mass is 10.2. The van der Waals surface area contributed by atoms with E-state index in [0.29, 0.717) is 18.2 Å². The van der Waals surface area contributed by atoms with Gasteiger partial charge in [-0.3, -0.25) is 4.79 Å². The standard InChI is InChI=1S/C11H19N3O2/c1-7(2)11-13-9(15)5-10(14-11)16-8(3)6-12-4/h5,7-8,12H,6H2,1-4H3,(H,13,14,15). The van der Waals surface area contributed by atoms with Crippen LogP contribution in [0.2, 0.25) is 0 Å². The Morgan fingerprint density at radius 2 is 2.19 bits per heavy atom. The molecule has 2 N–H and O–H groups in total. The van der Waals surface area contributed by atoms with Crippen molar-refractivity contribution in [1.82, 2.24) is 15.3 Å². The van der Waals surface area contributed by atoms with Crippen LogP contribution in [-0.2, 0) is 0 Å².